The summed E-state index contributed by atoms with van der Waals surface area (Å²) in [4.78, 5) is 17.4. The lowest BCUT2D eigenvalue weighted by Gasteiger charge is -2.23. The van der Waals surface area contributed by atoms with Crippen LogP contribution in [0.25, 0.3) is 10.9 Å². The summed E-state index contributed by atoms with van der Waals surface area (Å²) in [7, 11) is 0. The smallest absolute Gasteiger partial charge is 0.252 e. The highest BCUT2D eigenvalue weighted by Gasteiger charge is 2.12. The van der Waals surface area contributed by atoms with Gasteiger partial charge >= 0.3 is 0 Å². The van der Waals surface area contributed by atoms with Gasteiger partial charge in [-0.25, -0.2) is 0 Å². The molecule has 1 aromatic heterocycles. The Morgan fingerprint density at radius 3 is 2.50 bits per heavy atom. The fraction of sp³-hybridized carbons (Fsp3) is 0.250. The predicted octanol–water partition coefficient (Wildman–Crippen LogP) is 2.91. The van der Waals surface area contributed by atoms with E-state index in [2.05, 4.69) is 22.0 Å². The Kier molecular flexibility index (Phi) is 5.08. The van der Waals surface area contributed by atoms with Crippen molar-refractivity contribution in [1.82, 2.24) is 9.88 Å². The third-order valence-electron chi connectivity index (χ3n) is 4.00. The molecule has 1 unspecified atom stereocenters. The molecular weight excluding hydrogens is 300 g/mol. The van der Waals surface area contributed by atoms with Crippen LogP contribution in [0.1, 0.15) is 18.1 Å². The fourth-order valence-electron chi connectivity index (χ4n) is 2.95. The SMILES string of the molecule is CC(O)CN(Cc1ccccc1)Cc1cc2ccccc2[nH]c1=O. The number of aliphatic hydroxyl groups excluding tert-OH is 1. The van der Waals surface area contributed by atoms with E-state index in [9.17, 15) is 9.90 Å². The summed E-state index contributed by atoms with van der Waals surface area (Å²) in [5.41, 5.74) is 2.65. The van der Waals surface area contributed by atoms with Gasteiger partial charge in [-0.3, -0.25) is 9.69 Å². The first-order valence-corrected chi connectivity index (χ1v) is 8.17. The van der Waals surface area contributed by atoms with Crippen molar-refractivity contribution in [3.63, 3.8) is 0 Å². The van der Waals surface area contributed by atoms with Crippen molar-refractivity contribution in [3.05, 3.63) is 82.1 Å². The fourth-order valence-corrected chi connectivity index (χ4v) is 2.95. The van der Waals surface area contributed by atoms with Gasteiger partial charge in [-0.1, -0.05) is 48.5 Å². The monoisotopic (exact) mass is 322 g/mol. The number of H-pyrrole nitrogens is 1. The number of para-hydroxylation sites is 1. The Bertz CT molecular complexity index is 856. The standard InChI is InChI=1S/C20H22N2O2/c1-15(23)12-22(13-16-7-3-2-4-8-16)14-18-11-17-9-5-6-10-19(17)21-20(18)24/h2-11,15,23H,12-14H2,1H3,(H,21,24). The van der Waals surface area contributed by atoms with Crippen LogP contribution in [0.5, 0.6) is 0 Å². The first-order chi connectivity index (χ1) is 11.6. The van der Waals surface area contributed by atoms with Crippen LogP contribution in [0.3, 0.4) is 0 Å². The van der Waals surface area contributed by atoms with Gasteiger partial charge in [-0.15, -0.1) is 0 Å². The first kappa shape index (κ1) is 16.4. The number of benzene rings is 2. The van der Waals surface area contributed by atoms with Crippen molar-refractivity contribution in [2.24, 2.45) is 0 Å². The molecule has 0 saturated carbocycles. The lowest BCUT2D eigenvalue weighted by atomic mass is 10.1. The van der Waals surface area contributed by atoms with Crippen LogP contribution in [0.2, 0.25) is 0 Å². The number of aliphatic hydroxyl groups is 1. The maximum Gasteiger partial charge on any atom is 0.252 e. The van der Waals surface area contributed by atoms with Gasteiger partial charge in [-0.2, -0.15) is 0 Å². The van der Waals surface area contributed by atoms with Crippen molar-refractivity contribution < 1.29 is 5.11 Å². The number of nitrogens with one attached hydrogen (secondary N) is 1. The third kappa shape index (κ3) is 4.10. The third-order valence-corrected chi connectivity index (χ3v) is 4.00. The maximum atomic E-state index is 12.4. The zero-order valence-electron chi connectivity index (χ0n) is 13.8. The topological polar surface area (TPSA) is 56.3 Å². The van der Waals surface area contributed by atoms with E-state index in [1.54, 1.807) is 6.92 Å². The van der Waals surface area contributed by atoms with Gasteiger partial charge in [0.1, 0.15) is 0 Å². The molecule has 0 amide bonds. The molecule has 4 heteroatoms. The van der Waals surface area contributed by atoms with Gasteiger partial charge in [0.15, 0.2) is 0 Å². The van der Waals surface area contributed by atoms with Gasteiger partial charge in [0.25, 0.3) is 5.56 Å². The van der Waals surface area contributed by atoms with Crippen LogP contribution in [0.4, 0.5) is 0 Å². The van der Waals surface area contributed by atoms with E-state index in [1.807, 2.05) is 48.5 Å². The van der Waals surface area contributed by atoms with Gasteiger partial charge in [0.2, 0.25) is 0 Å². The number of hydrogen-bond donors (Lipinski definition) is 2. The van der Waals surface area contributed by atoms with E-state index in [0.717, 1.165) is 16.5 Å². The molecule has 24 heavy (non-hydrogen) atoms. The highest BCUT2D eigenvalue weighted by atomic mass is 16.3. The average molecular weight is 322 g/mol. The molecular formula is C20H22N2O2. The lowest BCUT2D eigenvalue weighted by molar-refractivity contribution is 0.118. The highest BCUT2D eigenvalue weighted by Crippen LogP contribution is 2.13. The molecule has 0 spiro atoms. The summed E-state index contributed by atoms with van der Waals surface area (Å²) in [6.07, 6.45) is -0.451. The molecule has 2 aromatic carbocycles. The van der Waals surface area contributed by atoms with E-state index >= 15 is 0 Å². The molecule has 1 heterocycles. The van der Waals surface area contributed by atoms with Gasteiger partial charge in [0, 0.05) is 30.7 Å². The minimum Gasteiger partial charge on any atom is -0.392 e. The molecule has 4 nitrogen and oxygen atoms in total. The largest absolute Gasteiger partial charge is 0.392 e. The minimum absolute atomic E-state index is 0.0719. The van der Waals surface area contributed by atoms with Crippen LogP contribution in [0.15, 0.2) is 65.5 Å². The lowest BCUT2D eigenvalue weighted by Crippen LogP contribution is -2.32. The summed E-state index contributed by atoms with van der Waals surface area (Å²) in [6.45, 7) is 3.47. The quantitative estimate of drug-likeness (QED) is 0.734. The second-order valence-corrected chi connectivity index (χ2v) is 6.22. The first-order valence-electron chi connectivity index (χ1n) is 8.17. The summed E-state index contributed by atoms with van der Waals surface area (Å²) < 4.78 is 0. The zero-order chi connectivity index (χ0) is 16.9. The van der Waals surface area contributed by atoms with Crippen LogP contribution in [0, 0.1) is 0 Å². The number of rotatable bonds is 6. The summed E-state index contributed by atoms with van der Waals surface area (Å²) in [5, 5.41) is 10.8. The Labute approximate surface area is 141 Å². The summed E-state index contributed by atoms with van der Waals surface area (Å²) in [6, 6.07) is 19.8. The van der Waals surface area contributed by atoms with Gasteiger partial charge < -0.3 is 10.1 Å². The second-order valence-electron chi connectivity index (χ2n) is 6.22. The number of aromatic nitrogens is 1. The number of hydrogen-bond acceptors (Lipinski definition) is 3. The van der Waals surface area contributed by atoms with Crippen molar-refractivity contribution in [2.75, 3.05) is 6.54 Å². The second kappa shape index (κ2) is 7.43. The molecule has 0 aliphatic heterocycles. The maximum absolute atomic E-state index is 12.4. The molecule has 0 fully saturated rings. The number of aromatic amines is 1. The molecule has 0 aliphatic rings. The average Bonchev–Trinajstić information content (AvgIpc) is 2.56. The normalized spacial score (nSPS) is 12.6. The number of fused-ring (bicyclic) bond motifs is 1. The zero-order valence-corrected chi connectivity index (χ0v) is 13.8. The Hall–Kier alpha value is -2.43. The predicted molar refractivity (Wildman–Crippen MR) is 96.8 cm³/mol. The molecule has 1 atom stereocenters. The van der Waals surface area contributed by atoms with E-state index in [-0.39, 0.29) is 5.56 Å². The molecule has 0 radical (unpaired) electrons. The van der Waals surface area contributed by atoms with E-state index in [4.69, 9.17) is 0 Å². The summed E-state index contributed by atoms with van der Waals surface area (Å²) in [5.74, 6) is 0. The Morgan fingerprint density at radius 2 is 1.75 bits per heavy atom. The molecule has 2 N–H and O–H groups in total. The molecule has 124 valence electrons. The van der Waals surface area contributed by atoms with Crippen molar-refractivity contribution in [1.29, 1.82) is 0 Å². The molecule has 0 aliphatic carbocycles. The van der Waals surface area contributed by atoms with E-state index in [1.165, 1.54) is 0 Å². The van der Waals surface area contributed by atoms with Crippen molar-refractivity contribution in [2.45, 2.75) is 26.1 Å². The van der Waals surface area contributed by atoms with Crippen LogP contribution >= 0.6 is 0 Å². The number of pyridine rings is 1. The molecule has 3 rings (SSSR count). The van der Waals surface area contributed by atoms with E-state index < -0.39 is 6.10 Å². The molecule has 3 aromatic rings. The van der Waals surface area contributed by atoms with Crippen LogP contribution in [-0.2, 0) is 13.1 Å². The van der Waals surface area contributed by atoms with Crippen molar-refractivity contribution >= 4 is 10.9 Å². The number of nitrogens with zero attached hydrogens (tertiary/aromatic N) is 1. The van der Waals surface area contributed by atoms with Crippen LogP contribution in [-0.4, -0.2) is 27.6 Å². The minimum atomic E-state index is -0.451. The molecule has 0 saturated heterocycles. The summed E-state index contributed by atoms with van der Waals surface area (Å²) >= 11 is 0. The van der Waals surface area contributed by atoms with E-state index in [0.29, 0.717) is 25.2 Å². The van der Waals surface area contributed by atoms with Gasteiger partial charge in [-0.05, 0) is 30.0 Å². The van der Waals surface area contributed by atoms with Crippen molar-refractivity contribution in [3.8, 4) is 0 Å². The van der Waals surface area contributed by atoms with Gasteiger partial charge in [0.05, 0.1) is 6.10 Å². The Balaban J connectivity index is 1.86. The Morgan fingerprint density at radius 1 is 1.04 bits per heavy atom. The van der Waals surface area contributed by atoms with Crippen LogP contribution < -0.4 is 5.56 Å². The molecule has 0 bridgehead atoms. The highest BCUT2D eigenvalue weighted by molar-refractivity contribution is 5.78.